The van der Waals surface area contributed by atoms with Crippen molar-refractivity contribution in [1.29, 1.82) is 0 Å². The number of hydrogen-bond acceptors (Lipinski definition) is 7. The first-order valence-corrected chi connectivity index (χ1v) is 11.1. The second kappa shape index (κ2) is 7.58. The molecule has 0 saturated heterocycles. The van der Waals surface area contributed by atoms with Gasteiger partial charge in [-0.25, -0.2) is 17.7 Å². The van der Waals surface area contributed by atoms with Crippen molar-refractivity contribution in [2.75, 3.05) is 31.4 Å². The summed E-state index contributed by atoms with van der Waals surface area (Å²) in [5, 5.41) is 4.32. The van der Waals surface area contributed by atoms with Gasteiger partial charge in [0.15, 0.2) is 5.13 Å². The molecule has 0 bridgehead atoms. The van der Waals surface area contributed by atoms with E-state index in [0.29, 0.717) is 10.8 Å². The molecule has 2 aromatic rings. The fourth-order valence-corrected chi connectivity index (χ4v) is 5.25. The summed E-state index contributed by atoms with van der Waals surface area (Å²) >= 11 is 2.56. The average Bonchev–Trinajstić information content (AvgIpc) is 3.11. The number of thiazole rings is 1. The quantitative estimate of drug-likeness (QED) is 0.783. The van der Waals surface area contributed by atoms with Gasteiger partial charge in [-0.3, -0.25) is 9.59 Å². The number of anilines is 2. The van der Waals surface area contributed by atoms with Gasteiger partial charge in [0, 0.05) is 44.0 Å². The van der Waals surface area contributed by atoms with Crippen LogP contribution in [0.4, 0.5) is 10.8 Å². The summed E-state index contributed by atoms with van der Waals surface area (Å²) in [4.78, 5) is 31.1. The standard InChI is InChI=1S/C16H18N4O4S3/c1-19(2)27(23,24)10-4-5-12-11(8-10)20(3)15(22)13(26-12)9-14(21)18-16-17-6-7-25-16/h4-8,13H,9H2,1-3H3,(H,17,18,21)/t13-/m0/s1. The molecule has 0 saturated carbocycles. The predicted molar refractivity (Wildman–Crippen MR) is 106 cm³/mol. The normalized spacial score (nSPS) is 17.1. The molecule has 2 heterocycles. The van der Waals surface area contributed by atoms with Crippen molar-refractivity contribution in [1.82, 2.24) is 9.29 Å². The van der Waals surface area contributed by atoms with Crippen LogP contribution in [0.5, 0.6) is 0 Å². The molecule has 0 spiro atoms. The lowest BCUT2D eigenvalue weighted by atomic mass is 10.2. The molecule has 0 aliphatic carbocycles. The summed E-state index contributed by atoms with van der Waals surface area (Å²) in [6.45, 7) is 0. The van der Waals surface area contributed by atoms with Crippen LogP contribution in [0.25, 0.3) is 0 Å². The summed E-state index contributed by atoms with van der Waals surface area (Å²) in [6, 6.07) is 4.67. The van der Waals surface area contributed by atoms with Gasteiger partial charge >= 0.3 is 0 Å². The highest BCUT2D eigenvalue weighted by Gasteiger charge is 2.34. The van der Waals surface area contributed by atoms with Crippen molar-refractivity contribution in [2.45, 2.75) is 21.5 Å². The molecule has 3 rings (SSSR count). The fraction of sp³-hybridized carbons (Fsp3) is 0.312. The molecule has 27 heavy (non-hydrogen) atoms. The number of sulfonamides is 1. The molecule has 1 aromatic carbocycles. The maximum absolute atomic E-state index is 12.7. The minimum absolute atomic E-state index is 0.00457. The summed E-state index contributed by atoms with van der Waals surface area (Å²) < 4.78 is 25.8. The molecule has 0 unspecified atom stereocenters. The molecule has 2 amide bonds. The van der Waals surface area contributed by atoms with Crippen LogP contribution < -0.4 is 10.2 Å². The SMILES string of the molecule is CN1C(=O)[C@H](CC(=O)Nc2nccs2)Sc2ccc(S(=O)(=O)N(C)C)cc21. The van der Waals surface area contributed by atoms with Crippen molar-refractivity contribution in [2.24, 2.45) is 0 Å². The Morgan fingerprint density at radius 3 is 2.74 bits per heavy atom. The third kappa shape index (κ3) is 4.00. The molecule has 0 fully saturated rings. The van der Waals surface area contributed by atoms with Crippen LogP contribution >= 0.6 is 23.1 Å². The van der Waals surface area contributed by atoms with Crippen molar-refractivity contribution < 1.29 is 18.0 Å². The maximum atomic E-state index is 12.7. The number of hydrogen-bond donors (Lipinski definition) is 1. The van der Waals surface area contributed by atoms with E-state index in [9.17, 15) is 18.0 Å². The molecular formula is C16H18N4O4S3. The Kier molecular flexibility index (Phi) is 5.56. The lowest BCUT2D eigenvalue weighted by Gasteiger charge is -2.31. The number of nitrogens with zero attached hydrogens (tertiary/aromatic N) is 3. The largest absolute Gasteiger partial charge is 0.313 e. The third-order valence-electron chi connectivity index (χ3n) is 4.00. The Labute approximate surface area is 165 Å². The van der Waals surface area contributed by atoms with Gasteiger partial charge in [-0.05, 0) is 18.2 Å². The Balaban J connectivity index is 1.81. The van der Waals surface area contributed by atoms with Crippen molar-refractivity contribution in [3.8, 4) is 0 Å². The molecule has 1 aliphatic rings. The first-order valence-electron chi connectivity index (χ1n) is 7.90. The van der Waals surface area contributed by atoms with Gasteiger partial charge in [0.25, 0.3) is 0 Å². The van der Waals surface area contributed by atoms with Crippen molar-refractivity contribution in [3.63, 3.8) is 0 Å². The van der Waals surface area contributed by atoms with Crippen LogP contribution in [-0.2, 0) is 19.6 Å². The van der Waals surface area contributed by atoms with Crippen molar-refractivity contribution >= 4 is 55.8 Å². The van der Waals surface area contributed by atoms with E-state index >= 15 is 0 Å². The number of amides is 2. The summed E-state index contributed by atoms with van der Waals surface area (Å²) in [5.41, 5.74) is 0.518. The monoisotopic (exact) mass is 426 g/mol. The van der Waals surface area contributed by atoms with E-state index in [-0.39, 0.29) is 23.1 Å². The molecule has 144 valence electrons. The molecular weight excluding hydrogens is 408 g/mol. The molecule has 1 aromatic heterocycles. The van der Waals surface area contributed by atoms with Gasteiger partial charge < -0.3 is 10.2 Å². The highest BCUT2D eigenvalue weighted by Crippen LogP contribution is 2.41. The van der Waals surface area contributed by atoms with Crippen molar-refractivity contribution in [3.05, 3.63) is 29.8 Å². The minimum atomic E-state index is -3.60. The van der Waals surface area contributed by atoms with E-state index < -0.39 is 15.3 Å². The number of fused-ring (bicyclic) bond motifs is 1. The first kappa shape index (κ1) is 19.8. The zero-order valence-electron chi connectivity index (χ0n) is 14.9. The van der Waals surface area contributed by atoms with Crippen LogP contribution in [0.2, 0.25) is 0 Å². The molecule has 1 N–H and O–H groups in total. The Morgan fingerprint density at radius 2 is 2.11 bits per heavy atom. The number of nitrogens with one attached hydrogen (secondary N) is 1. The number of rotatable bonds is 5. The third-order valence-corrected chi connectivity index (χ3v) is 7.75. The second-order valence-corrected chi connectivity index (χ2v) is 10.3. The smallest absolute Gasteiger partial charge is 0.242 e. The molecule has 11 heteroatoms. The predicted octanol–water partition coefficient (Wildman–Crippen LogP) is 1.86. The van der Waals surface area contributed by atoms with E-state index in [1.54, 1.807) is 24.7 Å². The first-order chi connectivity index (χ1) is 12.7. The van der Waals surface area contributed by atoms with Gasteiger partial charge in [-0.15, -0.1) is 23.1 Å². The van der Waals surface area contributed by atoms with Gasteiger partial charge in [0.05, 0.1) is 15.8 Å². The molecule has 1 aliphatic heterocycles. The van der Waals surface area contributed by atoms with E-state index in [0.717, 1.165) is 9.20 Å². The number of benzene rings is 1. The fourth-order valence-electron chi connectivity index (χ4n) is 2.52. The summed E-state index contributed by atoms with van der Waals surface area (Å²) in [5.74, 6) is -0.541. The number of thioether (sulfide) groups is 1. The molecule has 0 radical (unpaired) electrons. The van der Waals surface area contributed by atoms with Crippen LogP contribution in [0, 0.1) is 0 Å². The number of carbonyl (C=O) groups excluding carboxylic acids is 2. The molecule has 1 atom stereocenters. The highest BCUT2D eigenvalue weighted by molar-refractivity contribution is 8.01. The average molecular weight is 427 g/mol. The summed E-state index contributed by atoms with van der Waals surface area (Å²) in [6.07, 6.45) is 1.59. The van der Waals surface area contributed by atoms with Gasteiger partial charge in [0.1, 0.15) is 0 Å². The highest BCUT2D eigenvalue weighted by atomic mass is 32.2. The maximum Gasteiger partial charge on any atom is 0.242 e. The Hall–Kier alpha value is -1.95. The topological polar surface area (TPSA) is 99.7 Å². The summed E-state index contributed by atoms with van der Waals surface area (Å²) in [7, 11) is 0.893. The van der Waals surface area contributed by atoms with E-state index in [1.807, 2.05) is 0 Å². The van der Waals surface area contributed by atoms with E-state index in [2.05, 4.69) is 10.3 Å². The lowest BCUT2D eigenvalue weighted by Crippen LogP contribution is -2.40. The molecule has 8 nitrogen and oxygen atoms in total. The number of carbonyl (C=O) groups is 2. The number of aromatic nitrogens is 1. The lowest BCUT2D eigenvalue weighted by molar-refractivity contribution is -0.122. The second-order valence-electron chi connectivity index (χ2n) is 6.01. The van der Waals surface area contributed by atoms with Crippen LogP contribution in [0.1, 0.15) is 6.42 Å². The van der Waals surface area contributed by atoms with E-state index in [1.165, 1.54) is 54.2 Å². The van der Waals surface area contributed by atoms with Crippen LogP contribution in [0.3, 0.4) is 0 Å². The van der Waals surface area contributed by atoms with Gasteiger partial charge in [0.2, 0.25) is 21.8 Å². The zero-order chi connectivity index (χ0) is 19.8. The van der Waals surface area contributed by atoms with E-state index in [4.69, 9.17) is 0 Å². The Bertz CT molecular complexity index is 974. The van der Waals surface area contributed by atoms with Gasteiger partial charge in [-0.1, -0.05) is 0 Å². The van der Waals surface area contributed by atoms with Gasteiger partial charge in [-0.2, -0.15) is 0 Å². The zero-order valence-corrected chi connectivity index (χ0v) is 17.3. The van der Waals surface area contributed by atoms with Crippen LogP contribution in [-0.4, -0.2) is 55.9 Å². The minimum Gasteiger partial charge on any atom is -0.313 e. The Morgan fingerprint density at radius 1 is 1.37 bits per heavy atom. The van der Waals surface area contributed by atoms with Crippen LogP contribution in [0.15, 0.2) is 39.6 Å².